The molecule has 2 unspecified atom stereocenters. The molecule has 2 amide bonds. The lowest BCUT2D eigenvalue weighted by Crippen LogP contribution is -2.53. The first kappa shape index (κ1) is 34.9. The first-order valence-corrected chi connectivity index (χ1v) is 15.2. The van der Waals surface area contributed by atoms with E-state index in [1.807, 2.05) is 18.2 Å². The van der Waals surface area contributed by atoms with Gasteiger partial charge < -0.3 is 29.6 Å². The summed E-state index contributed by atoms with van der Waals surface area (Å²) in [5.74, 6) is -3.44. The smallest absolute Gasteiger partial charge is 0.408 e. The number of hydrogen-bond donors (Lipinski definition) is 2. The van der Waals surface area contributed by atoms with Gasteiger partial charge in [0.25, 0.3) is 0 Å². The van der Waals surface area contributed by atoms with Crippen LogP contribution in [-0.4, -0.2) is 42.0 Å². The average molecular weight is 653 g/mol. The van der Waals surface area contributed by atoms with Crippen molar-refractivity contribution in [2.45, 2.75) is 51.4 Å². The number of amides is 2. The molecule has 0 aromatic heterocycles. The van der Waals surface area contributed by atoms with E-state index in [0.29, 0.717) is 11.1 Å². The summed E-state index contributed by atoms with van der Waals surface area (Å²) in [5.41, 5.74) is 2.83. The van der Waals surface area contributed by atoms with Crippen molar-refractivity contribution in [2.75, 3.05) is 0 Å². The van der Waals surface area contributed by atoms with Crippen LogP contribution in [-0.2, 0) is 64.6 Å². The minimum Gasteiger partial charge on any atom is -0.461 e. The molecular weight excluding hydrogens is 616 g/mol. The fraction of sp³-hybridized carbons (Fsp3) is 0.216. The van der Waals surface area contributed by atoms with Crippen molar-refractivity contribution in [1.29, 1.82) is 0 Å². The van der Waals surface area contributed by atoms with Gasteiger partial charge in [-0.25, -0.2) is 9.59 Å². The Bertz CT molecular complexity index is 1560. The van der Waals surface area contributed by atoms with E-state index in [4.69, 9.17) is 18.9 Å². The Hall–Kier alpha value is -5.97. The highest BCUT2D eigenvalue weighted by molar-refractivity contribution is 5.93. The predicted molar refractivity (Wildman–Crippen MR) is 173 cm³/mol. The highest BCUT2D eigenvalue weighted by atomic mass is 16.6. The Kier molecular flexibility index (Phi) is 13.7. The molecule has 0 heterocycles. The molecular formula is C37H36N2O9. The highest BCUT2D eigenvalue weighted by Gasteiger charge is 2.32. The molecule has 4 rings (SSSR count). The van der Waals surface area contributed by atoms with Crippen LogP contribution in [0.1, 0.15) is 35.1 Å². The summed E-state index contributed by atoms with van der Waals surface area (Å²) in [6, 6.07) is 32.5. The van der Waals surface area contributed by atoms with Gasteiger partial charge in [0.05, 0.1) is 12.8 Å². The first-order chi connectivity index (χ1) is 23.4. The molecule has 4 aromatic rings. The molecule has 0 radical (unpaired) electrons. The van der Waals surface area contributed by atoms with E-state index >= 15 is 0 Å². The maximum Gasteiger partial charge on any atom is 0.408 e. The second-order valence-electron chi connectivity index (χ2n) is 10.6. The number of benzene rings is 4. The molecule has 4 aromatic carbocycles. The van der Waals surface area contributed by atoms with Gasteiger partial charge in [-0.15, -0.1) is 0 Å². The van der Waals surface area contributed by atoms with Gasteiger partial charge in [0, 0.05) is 0 Å². The number of ether oxygens (including phenoxy) is 4. The van der Waals surface area contributed by atoms with E-state index in [1.54, 1.807) is 103 Å². The van der Waals surface area contributed by atoms with Gasteiger partial charge in [-0.05, 0) is 22.3 Å². The second-order valence-corrected chi connectivity index (χ2v) is 10.6. The Labute approximate surface area is 278 Å². The summed E-state index contributed by atoms with van der Waals surface area (Å²) in [5, 5.41) is 4.82. The fourth-order valence-corrected chi connectivity index (χ4v) is 4.34. The molecule has 2 atom stereocenters. The number of alkyl carbamates (subject to hydrolysis) is 1. The normalized spacial score (nSPS) is 11.7. The van der Waals surface area contributed by atoms with Gasteiger partial charge in [0.15, 0.2) is 0 Å². The first-order valence-electron chi connectivity index (χ1n) is 15.2. The second kappa shape index (κ2) is 18.9. The topological polar surface area (TPSA) is 146 Å². The van der Waals surface area contributed by atoms with Crippen LogP contribution in [0.5, 0.6) is 0 Å². The third-order valence-corrected chi connectivity index (χ3v) is 6.87. The summed E-state index contributed by atoms with van der Waals surface area (Å²) in [6.45, 7) is -0.330. The zero-order chi connectivity index (χ0) is 34.0. The van der Waals surface area contributed by atoms with Crippen molar-refractivity contribution < 1.29 is 42.9 Å². The van der Waals surface area contributed by atoms with E-state index in [9.17, 15) is 24.0 Å². The highest BCUT2D eigenvalue weighted by Crippen LogP contribution is 2.10. The molecule has 11 heteroatoms. The molecule has 0 aliphatic carbocycles. The number of carbonyl (C=O) groups excluding carboxylic acids is 5. The van der Waals surface area contributed by atoms with Crippen LogP contribution >= 0.6 is 0 Å². The Morgan fingerprint density at radius 3 is 1.21 bits per heavy atom. The van der Waals surface area contributed by atoms with E-state index in [2.05, 4.69) is 10.6 Å². The van der Waals surface area contributed by atoms with Gasteiger partial charge in [-0.1, -0.05) is 121 Å². The van der Waals surface area contributed by atoms with Crippen LogP contribution < -0.4 is 10.6 Å². The lowest BCUT2D eigenvalue weighted by molar-refractivity contribution is -0.155. The molecule has 48 heavy (non-hydrogen) atoms. The van der Waals surface area contributed by atoms with Crippen molar-refractivity contribution in [3.05, 3.63) is 144 Å². The van der Waals surface area contributed by atoms with Gasteiger partial charge in [-0.3, -0.25) is 14.4 Å². The zero-order valence-corrected chi connectivity index (χ0v) is 26.1. The molecule has 0 bridgehead atoms. The lowest BCUT2D eigenvalue weighted by Gasteiger charge is -2.22. The fourth-order valence-electron chi connectivity index (χ4n) is 4.34. The van der Waals surface area contributed by atoms with Crippen LogP contribution in [0.3, 0.4) is 0 Å². The lowest BCUT2D eigenvalue weighted by atomic mass is 10.1. The largest absolute Gasteiger partial charge is 0.461 e. The maximum absolute atomic E-state index is 13.6. The average Bonchev–Trinajstić information content (AvgIpc) is 3.12. The SMILES string of the molecule is O=C(CC(NC(=O)OCc1ccccc1)C(=O)NC(CC(=O)OCc1ccccc1)C(=O)OCc1ccccc1)OCc1ccccc1. The minimum atomic E-state index is -1.53. The van der Waals surface area contributed by atoms with E-state index in [-0.39, 0.29) is 26.4 Å². The minimum absolute atomic E-state index is 0.0515. The van der Waals surface area contributed by atoms with E-state index in [1.165, 1.54) is 0 Å². The van der Waals surface area contributed by atoms with E-state index < -0.39 is 54.8 Å². The predicted octanol–water partition coefficient (Wildman–Crippen LogP) is 4.78. The van der Waals surface area contributed by atoms with Gasteiger partial charge in [-0.2, -0.15) is 0 Å². The number of hydrogen-bond acceptors (Lipinski definition) is 9. The third kappa shape index (κ3) is 12.4. The molecule has 0 aliphatic rings. The van der Waals surface area contributed by atoms with Crippen molar-refractivity contribution in [3.8, 4) is 0 Å². The number of esters is 3. The van der Waals surface area contributed by atoms with Crippen molar-refractivity contribution >= 4 is 29.9 Å². The van der Waals surface area contributed by atoms with Crippen LogP contribution in [0.2, 0.25) is 0 Å². The molecule has 2 N–H and O–H groups in total. The van der Waals surface area contributed by atoms with Crippen molar-refractivity contribution in [3.63, 3.8) is 0 Å². The Balaban J connectivity index is 1.45. The summed E-state index contributed by atoms with van der Waals surface area (Å²) in [4.78, 5) is 65.1. The standard InChI is InChI=1S/C37H36N2O9/c40-33(45-23-27-13-5-1-6-14-27)21-31(39-37(44)48-26-30-19-11-4-12-20-30)35(42)38-32(36(43)47-25-29-17-9-3-10-18-29)22-34(41)46-24-28-15-7-2-8-16-28/h1-20,31-32H,21-26H2,(H,38,42)(H,39,44). The molecule has 0 aliphatic heterocycles. The van der Waals surface area contributed by atoms with Gasteiger partial charge >= 0.3 is 24.0 Å². The van der Waals surface area contributed by atoms with Crippen molar-refractivity contribution in [2.24, 2.45) is 0 Å². The van der Waals surface area contributed by atoms with E-state index in [0.717, 1.165) is 11.1 Å². The number of rotatable bonds is 16. The maximum atomic E-state index is 13.6. The Morgan fingerprint density at radius 1 is 0.438 bits per heavy atom. The van der Waals surface area contributed by atoms with Crippen LogP contribution in [0.4, 0.5) is 4.79 Å². The molecule has 0 saturated carbocycles. The summed E-state index contributed by atoms with van der Waals surface area (Å²) >= 11 is 0. The molecule has 0 spiro atoms. The van der Waals surface area contributed by atoms with Crippen molar-refractivity contribution in [1.82, 2.24) is 10.6 Å². The van der Waals surface area contributed by atoms with Crippen LogP contribution in [0, 0.1) is 0 Å². The number of nitrogens with one attached hydrogen (secondary N) is 2. The van der Waals surface area contributed by atoms with Crippen LogP contribution in [0.25, 0.3) is 0 Å². The molecule has 0 fully saturated rings. The van der Waals surface area contributed by atoms with Gasteiger partial charge in [0.1, 0.15) is 38.5 Å². The molecule has 248 valence electrons. The zero-order valence-electron chi connectivity index (χ0n) is 26.1. The quantitative estimate of drug-likeness (QED) is 0.129. The summed E-state index contributed by atoms with van der Waals surface area (Å²) < 4.78 is 21.3. The Morgan fingerprint density at radius 2 is 0.792 bits per heavy atom. The van der Waals surface area contributed by atoms with Crippen LogP contribution in [0.15, 0.2) is 121 Å². The number of carbonyl (C=O) groups is 5. The summed E-state index contributed by atoms with van der Waals surface area (Å²) in [6.07, 6.45) is -2.15. The third-order valence-electron chi connectivity index (χ3n) is 6.87. The van der Waals surface area contributed by atoms with Gasteiger partial charge in [0.2, 0.25) is 5.91 Å². The molecule has 11 nitrogen and oxygen atoms in total. The monoisotopic (exact) mass is 652 g/mol. The molecule has 0 saturated heterocycles. The summed E-state index contributed by atoms with van der Waals surface area (Å²) in [7, 11) is 0.